The Kier molecular flexibility index (Phi) is 3.25. The van der Waals surface area contributed by atoms with Crippen LogP contribution in [0.2, 0.25) is 0 Å². The molecule has 4 aromatic rings. The number of fused-ring (bicyclic) bond motifs is 1. The number of nitrogens with zero attached hydrogens (tertiary/aromatic N) is 1. The largest absolute Gasteiger partial charge is 0.508 e. The van der Waals surface area contributed by atoms with Gasteiger partial charge in [-0.05, 0) is 41.7 Å². The SMILES string of the molecule is O=C1NC(=O)[C@@H](c2c[nH]c3cc(O)ccc23)C1c1cn2c3c(cccc13)CCC2. The van der Waals surface area contributed by atoms with Crippen LogP contribution in [0.5, 0.6) is 5.75 Å². The molecular formula is C23H19N3O3. The monoisotopic (exact) mass is 385 g/mol. The molecule has 1 unspecified atom stereocenters. The number of nitrogens with one attached hydrogen (secondary N) is 2. The first-order chi connectivity index (χ1) is 14.1. The summed E-state index contributed by atoms with van der Waals surface area (Å²) < 4.78 is 2.23. The molecule has 1 saturated heterocycles. The predicted molar refractivity (Wildman–Crippen MR) is 109 cm³/mol. The van der Waals surface area contributed by atoms with Crippen LogP contribution >= 0.6 is 0 Å². The Bertz CT molecular complexity index is 1330. The van der Waals surface area contributed by atoms with E-state index in [9.17, 15) is 14.7 Å². The van der Waals surface area contributed by atoms with E-state index in [4.69, 9.17) is 0 Å². The number of rotatable bonds is 2. The molecule has 6 heteroatoms. The number of hydrogen-bond acceptors (Lipinski definition) is 3. The number of phenolic OH excluding ortho intramolecular Hbond substituents is 1. The van der Waals surface area contributed by atoms with E-state index in [0.717, 1.165) is 46.8 Å². The van der Waals surface area contributed by atoms with Gasteiger partial charge >= 0.3 is 0 Å². The van der Waals surface area contributed by atoms with E-state index in [0.29, 0.717) is 0 Å². The number of aryl methyl sites for hydroxylation is 2. The second-order valence-corrected chi connectivity index (χ2v) is 7.98. The average molecular weight is 385 g/mol. The second kappa shape index (κ2) is 5.73. The molecule has 144 valence electrons. The van der Waals surface area contributed by atoms with E-state index >= 15 is 0 Å². The highest BCUT2D eigenvalue weighted by molar-refractivity contribution is 6.13. The highest BCUT2D eigenvalue weighted by Gasteiger charge is 2.45. The third kappa shape index (κ3) is 2.23. The van der Waals surface area contributed by atoms with Crippen LogP contribution in [0, 0.1) is 0 Å². The lowest BCUT2D eigenvalue weighted by molar-refractivity contribution is -0.125. The number of H-pyrrole nitrogens is 1. The molecule has 6 rings (SSSR count). The van der Waals surface area contributed by atoms with Crippen molar-refractivity contribution in [2.24, 2.45) is 0 Å². The Morgan fingerprint density at radius 2 is 1.83 bits per heavy atom. The third-order valence-corrected chi connectivity index (χ3v) is 6.37. The van der Waals surface area contributed by atoms with Crippen molar-refractivity contribution >= 4 is 33.6 Å². The molecule has 4 heterocycles. The van der Waals surface area contributed by atoms with Crippen LogP contribution in [-0.4, -0.2) is 26.5 Å². The highest BCUT2D eigenvalue weighted by Crippen LogP contribution is 2.44. The summed E-state index contributed by atoms with van der Waals surface area (Å²) in [5.74, 6) is -1.56. The summed E-state index contributed by atoms with van der Waals surface area (Å²) in [5, 5.41) is 14.2. The quantitative estimate of drug-likeness (QED) is 0.463. The van der Waals surface area contributed by atoms with Crippen molar-refractivity contribution in [2.75, 3.05) is 0 Å². The summed E-state index contributed by atoms with van der Waals surface area (Å²) >= 11 is 0. The van der Waals surface area contributed by atoms with Gasteiger partial charge in [-0.1, -0.05) is 18.2 Å². The van der Waals surface area contributed by atoms with Gasteiger partial charge in [-0.25, -0.2) is 0 Å². The van der Waals surface area contributed by atoms with Gasteiger partial charge < -0.3 is 14.7 Å². The van der Waals surface area contributed by atoms with Gasteiger partial charge in [0.1, 0.15) is 5.75 Å². The maximum Gasteiger partial charge on any atom is 0.235 e. The summed E-state index contributed by atoms with van der Waals surface area (Å²) in [6, 6.07) is 11.3. The van der Waals surface area contributed by atoms with Crippen LogP contribution in [0.4, 0.5) is 0 Å². The zero-order valence-electron chi connectivity index (χ0n) is 15.6. The number of aromatic nitrogens is 2. The minimum atomic E-state index is -0.607. The van der Waals surface area contributed by atoms with Crippen molar-refractivity contribution in [1.29, 1.82) is 0 Å². The number of carbonyl (C=O) groups is 2. The molecule has 2 amide bonds. The fourth-order valence-corrected chi connectivity index (χ4v) is 5.15. The zero-order valence-corrected chi connectivity index (χ0v) is 15.6. The van der Waals surface area contributed by atoms with E-state index in [1.807, 2.05) is 6.07 Å². The molecule has 1 fully saturated rings. The van der Waals surface area contributed by atoms with Gasteiger partial charge in [0.2, 0.25) is 11.8 Å². The first-order valence-corrected chi connectivity index (χ1v) is 9.87. The molecule has 2 atom stereocenters. The molecule has 3 N–H and O–H groups in total. The molecule has 2 aromatic heterocycles. The Hall–Kier alpha value is -3.54. The number of phenols is 1. The normalized spacial score (nSPS) is 21.2. The van der Waals surface area contributed by atoms with Crippen molar-refractivity contribution in [3.8, 4) is 5.75 Å². The summed E-state index contributed by atoms with van der Waals surface area (Å²) in [5.41, 5.74) is 4.91. The maximum absolute atomic E-state index is 12.9. The number of carbonyl (C=O) groups excluding carboxylic acids is 2. The van der Waals surface area contributed by atoms with Crippen molar-refractivity contribution in [1.82, 2.24) is 14.9 Å². The fraction of sp³-hybridized carbons (Fsp3) is 0.217. The van der Waals surface area contributed by atoms with Gasteiger partial charge in [-0.15, -0.1) is 0 Å². The van der Waals surface area contributed by atoms with Crippen molar-refractivity contribution in [3.63, 3.8) is 0 Å². The highest BCUT2D eigenvalue weighted by atomic mass is 16.3. The van der Waals surface area contributed by atoms with Crippen LogP contribution in [0.3, 0.4) is 0 Å². The number of para-hydroxylation sites is 1. The number of benzene rings is 2. The summed E-state index contributed by atoms with van der Waals surface area (Å²) in [7, 11) is 0. The van der Waals surface area contributed by atoms with Crippen molar-refractivity contribution in [2.45, 2.75) is 31.2 Å². The number of aromatic hydroxyl groups is 1. The molecule has 2 aliphatic rings. The summed E-state index contributed by atoms with van der Waals surface area (Å²) in [4.78, 5) is 28.9. The van der Waals surface area contributed by atoms with Gasteiger partial charge in [-0.3, -0.25) is 14.9 Å². The molecular weight excluding hydrogens is 366 g/mol. The Morgan fingerprint density at radius 3 is 2.69 bits per heavy atom. The van der Waals surface area contributed by atoms with Crippen LogP contribution in [-0.2, 0) is 22.6 Å². The molecule has 29 heavy (non-hydrogen) atoms. The smallest absolute Gasteiger partial charge is 0.235 e. The molecule has 0 radical (unpaired) electrons. The molecule has 6 nitrogen and oxygen atoms in total. The van der Waals surface area contributed by atoms with Gasteiger partial charge in [0.05, 0.1) is 17.4 Å². The minimum absolute atomic E-state index is 0.156. The zero-order chi connectivity index (χ0) is 19.7. The molecule has 0 aliphatic carbocycles. The van der Waals surface area contributed by atoms with Crippen molar-refractivity contribution < 1.29 is 14.7 Å². The van der Waals surface area contributed by atoms with Gasteiger partial charge in [0.25, 0.3) is 0 Å². The molecule has 2 aliphatic heterocycles. The lowest BCUT2D eigenvalue weighted by Crippen LogP contribution is -2.21. The number of amides is 2. The van der Waals surface area contributed by atoms with Gasteiger partial charge in [-0.2, -0.15) is 0 Å². The third-order valence-electron chi connectivity index (χ3n) is 6.37. The lowest BCUT2D eigenvalue weighted by Gasteiger charge is -2.15. The van der Waals surface area contributed by atoms with E-state index in [2.05, 4.69) is 33.2 Å². The van der Waals surface area contributed by atoms with Crippen LogP contribution in [0.15, 0.2) is 48.8 Å². The predicted octanol–water partition coefficient (Wildman–Crippen LogP) is 3.30. The maximum atomic E-state index is 12.9. The molecule has 0 bridgehead atoms. The Labute approximate surface area is 166 Å². The van der Waals surface area contributed by atoms with E-state index in [-0.39, 0.29) is 17.6 Å². The average Bonchev–Trinajstić information content (AvgIpc) is 3.36. The van der Waals surface area contributed by atoms with E-state index in [1.165, 1.54) is 11.1 Å². The molecule has 0 saturated carbocycles. The first kappa shape index (κ1) is 16.4. The minimum Gasteiger partial charge on any atom is -0.508 e. The van der Waals surface area contributed by atoms with Crippen LogP contribution < -0.4 is 5.32 Å². The van der Waals surface area contributed by atoms with E-state index in [1.54, 1.807) is 24.4 Å². The number of hydrogen-bond donors (Lipinski definition) is 3. The number of imide groups is 1. The molecule has 2 aromatic carbocycles. The Morgan fingerprint density at radius 1 is 1.00 bits per heavy atom. The first-order valence-electron chi connectivity index (χ1n) is 9.87. The van der Waals surface area contributed by atoms with Crippen molar-refractivity contribution in [3.05, 3.63) is 65.5 Å². The standard InChI is InChI=1S/C23H19N3O3/c27-13-6-7-14-16(10-24-18(14)9-13)19-20(23(29)25-22(19)28)17-11-26-8-2-4-12-3-1-5-15(17)21(12)26/h1,3,5-7,9-11,19-20,24,27H,2,4,8H2,(H,25,28,29)/t19-,20?/m0/s1. The number of aromatic amines is 1. The fourth-order valence-electron chi connectivity index (χ4n) is 5.15. The van der Waals surface area contributed by atoms with E-state index < -0.39 is 11.8 Å². The topological polar surface area (TPSA) is 87.1 Å². The summed E-state index contributed by atoms with van der Waals surface area (Å²) in [6.07, 6.45) is 5.95. The van der Waals surface area contributed by atoms with Crippen LogP contribution in [0.25, 0.3) is 21.8 Å². The summed E-state index contributed by atoms with van der Waals surface area (Å²) in [6.45, 7) is 0.923. The second-order valence-electron chi connectivity index (χ2n) is 7.98. The molecule has 0 spiro atoms. The lowest BCUT2D eigenvalue weighted by atomic mass is 9.83. The Balaban J connectivity index is 1.57. The van der Waals surface area contributed by atoms with Gasteiger partial charge in [0, 0.05) is 41.3 Å². The van der Waals surface area contributed by atoms with Crippen LogP contribution in [0.1, 0.15) is 34.9 Å². The van der Waals surface area contributed by atoms with Gasteiger partial charge in [0.15, 0.2) is 0 Å².